The molecular weight excluding hydrogens is 265 g/mol. The fraction of sp³-hybridized carbons (Fsp3) is 0.588. The van der Waals surface area contributed by atoms with Crippen molar-refractivity contribution >= 4 is 5.82 Å². The number of nitrogens with zero attached hydrogens (tertiary/aromatic N) is 2. The summed E-state index contributed by atoms with van der Waals surface area (Å²) in [6, 6.07) is 1.57. The molecule has 1 rings (SSSR count). The van der Waals surface area contributed by atoms with Gasteiger partial charge < -0.3 is 10.2 Å². The Balaban J connectivity index is 3.05. The highest BCUT2D eigenvalue weighted by Crippen LogP contribution is 2.26. The molecule has 0 saturated carbocycles. The second-order valence-corrected chi connectivity index (χ2v) is 6.73. The van der Waals surface area contributed by atoms with Crippen LogP contribution in [0, 0.1) is 11.7 Å². The summed E-state index contributed by atoms with van der Waals surface area (Å²) in [5.41, 5.74) is 0.777. The molecular formula is C17H28FN3. The molecule has 118 valence electrons. The smallest absolute Gasteiger partial charge is 0.141 e. The van der Waals surface area contributed by atoms with E-state index in [1.165, 1.54) is 6.20 Å². The van der Waals surface area contributed by atoms with Crippen molar-refractivity contribution in [3.8, 4) is 0 Å². The molecule has 0 unspecified atom stereocenters. The third-order valence-electron chi connectivity index (χ3n) is 3.15. The van der Waals surface area contributed by atoms with Crippen molar-refractivity contribution in [1.29, 1.82) is 0 Å². The minimum atomic E-state index is -0.299. The second-order valence-electron chi connectivity index (χ2n) is 6.73. The van der Waals surface area contributed by atoms with Gasteiger partial charge in [0.05, 0.1) is 6.20 Å². The molecule has 0 aromatic carbocycles. The molecule has 0 atom stereocenters. The van der Waals surface area contributed by atoms with E-state index >= 15 is 0 Å². The van der Waals surface area contributed by atoms with Gasteiger partial charge in [0.25, 0.3) is 0 Å². The van der Waals surface area contributed by atoms with Gasteiger partial charge in [0.15, 0.2) is 0 Å². The average molecular weight is 293 g/mol. The van der Waals surface area contributed by atoms with Gasteiger partial charge in [-0.1, -0.05) is 19.9 Å². The fourth-order valence-electron chi connectivity index (χ4n) is 2.15. The molecule has 1 aromatic rings. The minimum Gasteiger partial charge on any atom is -0.348 e. The van der Waals surface area contributed by atoms with Crippen LogP contribution in [0.1, 0.15) is 40.2 Å². The molecule has 1 aromatic heterocycles. The number of pyridine rings is 1. The Labute approximate surface area is 128 Å². The summed E-state index contributed by atoms with van der Waals surface area (Å²) in [5, 5.41) is 3.36. The summed E-state index contributed by atoms with van der Waals surface area (Å²) in [6.07, 6.45) is 3.13. The molecule has 0 aliphatic carbocycles. The zero-order valence-corrected chi connectivity index (χ0v) is 13.9. The predicted molar refractivity (Wildman–Crippen MR) is 88.0 cm³/mol. The molecule has 1 N–H and O–H groups in total. The largest absolute Gasteiger partial charge is 0.348 e. The Bertz CT molecular complexity index is 464. The number of aromatic nitrogens is 1. The summed E-state index contributed by atoms with van der Waals surface area (Å²) in [6.45, 7) is 16.7. The van der Waals surface area contributed by atoms with Crippen LogP contribution in [-0.2, 0) is 6.54 Å². The van der Waals surface area contributed by atoms with Crippen molar-refractivity contribution in [2.45, 2.75) is 46.7 Å². The molecule has 1 heterocycles. The van der Waals surface area contributed by atoms with Crippen LogP contribution in [-0.4, -0.2) is 23.6 Å². The third kappa shape index (κ3) is 5.46. The van der Waals surface area contributed by atoms with E-state index in [1.807, 2.05) is 6.08 Å². The predicted octanol–water partition coefficient (Wildman–Crippen LogP) is 3.76. The SMILES string of the molecule is C=CCN(c1ncc(F)cc1CNCC(C)C)C(C)(C)C. The lowest BCUT2D eigenvalue weighted by atomic mass is 10.0. The number of hydrogen-bond acceptors (Lipinski definition) is 3. The van der Waals surface area contributed by atoms with Crippen molar-refractivity contribution < 1.29 is 4.39 Å². The van der Waals surface area contributed by atoms with Gasteiger partial charge in [0.2, 0.25) is 0 Å². The number of hydrogen-bond donors (Lipinski definition) is 1. The van der Waals surface area contributed by atoms with Crippen LogP contribution in [0.5, 0.6) is 0 Å². The summed E-state index contributed by atoms with van der Waals surface area (Å²) < 4.78 is 13.5. The first-order valence-corrected chi connectivity index (χ1v) is 7.49. The van der Waals surface area contributed by atoms with E-state index in [0.29, 0.717) is 19.0 Å². The van der Waals surface area contributed by atoms with E-state index in [2.05, 4.69) is 56.4 Å². The number of halogens is 1. The maximum absolute atomic E-state index is 13.5. The minimum absolute atomic E-state index is 0.105. The lowest BCUT2D eigenvalue weighted by Crippen LogP contribution is -2.43. The average Bonchev–Trinajstić information content (AvgIpc) is 2.35. The van der Waals surface area contributed by atoms with Crippen LogP contribution in [0.15, 0.2) is 24.9 Å². The summed E-state index contributed by atoms with van der Waals surface area (Å²) >= 11 is 0. The highest BCUT2D eigenvalue weighted by atomic mass is 19.1. The molecule has 21 heavy (non-hydrogen) atoms. The van der Waals surface area contributed by atoms with Gasteiger partial charge in [0, 0.05) is 24.2 Å². The number of nitrogens with one attached hydrogen (secondary N) is 1. The van der Waals surface area contributed by atoms with Crippen LogP contribution in [0.2, 0.25) is 0 Å². The van der Waals surface area contributed by atoms with Crippen LogP contribution < -0.4 is 10.2 Å². The quantitative estimate of drug-likeness (QED) is 0.776. The number of anilines is 1. The second kappa shape index (κ2) is 7.55. The van der Waals surface area contributed by atoms with E-state index in [9.17, 15) is 4.39 Å². The van der Waals surface area contributed by atoms with Crippen LogP contribution in [0.3, 0.4) is 0 Å². The molecule has 0 aliphatic heterocycles. The van der Waals surface area contributed by atoms with Crippen molar-refractivity contribution in [2.75, 3.05) is 18.0 Å². The monoisotopic (exact) mass is 293 g/mol. The summed E-state index contributed by atoms with van der Waals surface area (Å²) in [7, 11) is 0. The highest BCUT2D eigenvalue weighted by molar-refractivity contribution is 5.49. The molecule has 0 spiro atoms. The lowest BCUT2D eigenvalue weighted by molar-refractivity contribution is 0.508. The maximum Gasteiger partial charge on any atom is 0.141 e. The Morgan fingerprint density at radius 3 is 2.62 bits per heavy atom. The van der Waals surface area contributed by atoms with Gasteiger partial charge in [-0.25, -0.2) is 9.37 Å². The van der Waals surface area contributed by atoms with Gasteiger partial charge >= 0.3 is 0 Å². The molecule has 0 saturated heterocycles. The Morgan fingerprint density at radius 1 is 1.43 bits per heavy atom. The van der Waals surface area contributed by atoms with Crippen LogP contribution >= 0.6 is 0 Å². The Hall–Kier alpha value is -1.42. The normalized spacial score (nSPS) is 11.8. The van der Waals surface area contributed by atoms with Crippen molar-refractivity contribution in [3.05, 3.63) is 36.3 Å². The topological polar surface area (TPSA) is 28.2 Å². The molecule has 0 bridgehead atoms. The van der Waals surface area contributed by atoms with E-state index in [4.69, 9.17) is 0 Å². The van der Waals surface area contributed by atoms with E-state index in [0.717, 1.165) is 17.9 Å². The van der Waals surface area contributed by atoms with E-state index in [1.54, 1.807) is 6.07 Å². The Kier molecular flexibility index (Phi) is 6.34. The highest BCUT2D eigenvalue weighted by Gasteiger charge is 2.24. The molecule has 4 heteroatoms. The van der Waals surface area contributed by atoms with Crippen molar-refractivity contribution in [1.82, 2.24) is 10.3 Å². The third-order valence-corrected chi connectivity index (χ3v) is 3.15. The first-order valence-electron chi connectivity index (χ1n) is 7.49. The van der Waals surface area contributed by atoms with Crippen LogP contribution in [0.4, 0.5) is 10.2 Å². The molecule has 0 fully saturated rings. The fourth-order valence-corrected chi connectivity index (χ4v) is 2.15. The first-order chi connectivity index (χ1) is 9.75. The van der Waals surface area contributed by atoms with E-state index < -0.39 is 0 Å². The number of rotatable bonds is 7. The van der Waals surface area contributed by atoms with Gasteiger partial charge in [-0.2, -0.15) is 0 Å². The van der Waals surface area contributed by atoms with Crippen molar-refractivity contribution in [3.63, 3.8) is 0 Å². The summed E-state index contributed by atoms with van der Waals surface area (Å²) in [5.74, 6) is 1.08. The molecule has 0 amide bonds. The van der Waals surface area contributed by atoms with Crippen molar-refractivity contribution in [2.24, 2.45) is 5.92 Å². The van der Waals surface area contributed by atoms with Gasteiger partial charge in [-0.3, -0.25) is 0 Å². The van der Waals surface area contributed by atoms with E-state index in [-0.39, 0.29) is 11.4 Å². The zero-order chi connectivity index (χ0) is 16.0. The standard InChI is InChI=1S/C17H28FN3/c1-7-8-21(17(4,5)6)16-14(9-15(18)12-20-16)11-19-10-13(2)3/h7,9,12-13,19H,1,8,10-11H2,2-6H3. The Morgan fingerprint density at radius 2 is 2.10 bits per heavy atom. The molecule has 0 radical (unpaired) electrons. The van der Waals surface area contributed by atoms with Gasteiger partial charge in [0.1, 0.15) is 11.6 Å². The molecule has 3 nitrogen and oxygen atoms in total. The maximum atomic E-state index is 13.5. The van der Waals surface area contributed by atoms with Crippen LogP contribution in [0.25, 0.3) is 0 Å². The summed E-state index contributed by atoms with van der Waals surface area (Å²) in [4.78, 5) is 6.47. The molecule has 0 aliphatic rings. The lowest BCUT2D eigenvalue weighted by Gasteiger charge is -2.37. The van der Waals surface area contributed by atoms with Gasteiger partial charge in [-0.15, -0.1) is 6.58 Å². The van der Waals surface area contributed by atoms with Gasteiger partial charge in [-0.05, 0) is 39.3 Å². The zero-order valence-electron chi connectivity index (χ0n) is 13.9. The first kappa shape index (κ1) is 17.6.